The van der Waals surface area contributed by atoms with E-state index < -0.39 is 15.9 Å². The van der Waals surface area contributed by atoms with Crippen molar-refractivity contribution in [2.24, 2.45) is 5.73 Å². The summed E-state index contributed by atoms with van der Waals surface area (Å²) in [4.78, 5) is 27.6. The molecule has 3 heterocycles. The SMILES string of the molecule is Cc1cc(NS(=O)(=O)c2c[nH]c(C(=O)N3CCCC3)c2)nn1CC(N)=O. The van der Waals surface area contributed by atoms with Crippen molar-refractivity contribution in [2.75, 3.05) is 17.8 Å². The number of H-pyrrole nitrogens is 1. The van der Waals surface area contributed by atoms with E-state index in [0.717, 1.165) is 12.8 Å². The van der Waals surface area contributed by atoms with Crippen molar-refractivity contribution in [1.29, 1.82) is 0 Å². The molecule has 0 aromatic carbocycles. The molecule has 0 radical (unpaired) electrons. The van der Waals surface area contributed by atoms with Crippen LogP contribution in [0.4, 0.5) is 5.82 Å². The Morgan fingerprint density at radius 3 is 2.65 bits per heavy atom. The minimum atomic E-state index is -3.93. The third-order valence-corrected chi connectivity index (χ3v) is 5.45. The van der Waals surface area contributed by atoms with Crippen LogP contribution in [0, 0.1) is 6.92 Å². The van der Waals surface area contributed by atoms with E-state index in [9.17, 15) is 18.0 Å². The standard InChI is InChI=1S/C15H20N6O4S/c1-10-6-14(18-21(10)9-13(16)22)19-26(24,25)11-7-12(17-8-11)15(23)20-4-2-3-5-20/h6-8,17H,2-5,9H2,1H3,(H2,16,22)(H,18,19). The molecule has 0 bridgehead atoms. The maximum absolute atomic E-state index is 12.5. The van der Waals surface area contributed by atoms with Gasteiger partial charge in [0.15, 0.2) is 5.82 Å². The maximum Gasteiger partial charge on any atom is 0.270 e. The first kappa shape index (κ1) is 18.0. The molecular weight excluding hydrogens is 360 g/mol. The van der Waals surface area contributed by atoms with Crippen LogP contribution >= 0.6 is 0 Å². The Hall–Kier alpha value is -2.82. The molecule has 10 nitrogen and oxygen atoms in total. The number of aromatic nitrogens is 3. The van der Waals surface area contributed by atoms with Gasteiger partial charge in [-0.2, -0.15) is 5.10 Å². The number of amides is 2. The first-order chi connectivity index (χ1) is 12.3. The summed E-state index contributed by atoms with van der Waals surface area (Å²) in [5, 5.41) is 4.01. The average molecular weight is 380 g/mol. The number of nitrogens with zero attached hydrogens (tertiary/aromatic N) is 3. The van der Waals surface area contributed by atoms with Crippen molar-refractivity contribution in [2.45, 2.75) is 31.2 Å². The zero-order valence-electron chi connectivity index (χ0n) is 14.2. The van der Waals surface area contributed by atoms with Gasteiger partial charge in [0, 0.05) is 31.0 Å². The molecule has 1 fully saturated rings. The summed E-state index contributed by atoms with van der Waals surface area (Å²) in [7, 11) is -3.93. The summed E-state index contributed by atoms with van der Waals surface area (Å²) in [6.07, 6.45) is 3.16. The molecule has 11 heteroatoms. The first-order valence-corrected chi connectivity index (χ1v) is 9.58. The molecule has 0 saturated carbocycles. The third-order valence-electron chi connectivity index (χ3n) is 4.12. The van der Waals surface area contributed by atoms with Gasteiger partial charge in [-0.1, -0.05) is 0 Å². The fourth-order valence-corrected chi connectivity index (χ4v) is 3.79. The number of rotatable bonds is 6. The maximum atomic E-state index is 12.5. The van der Waals surface area contributed by atoms with Crippen LogP contribution in [0.15, 0.2) is 23.2 Å². The highest BCUT2D eigenvalue weighted by Crippen LogP contribution is 2.19. The number of aryl methyl sites for hydroxylation is 1. The molecule has 4 N–H and O–H groups in total. The van der Waals surface area contributed by atoms with Gasteiger partial charge in [0.1, 0.15) is 17.1 Å². The van der Waals surface area contributed by atoms with E-state index in [1.165, 1.54) is 23.0 Å². The van der Waals surface area contributed by atoms with Gasteiger partial charge in [0.25, 0.3) is 15.9 Å². The summed E-state index contributed by atoms with van der Waals surface area (Å²) in [6.45, 7) is 2.88. The Bertz CT molecular complexity index is 939. The smallest absolute Gasteiger partial charge is 0.270 e. The van der Waals surface area contributed by atoms with Crippen LogP contribution in [0.5, 0.6) is 0 Å². The van der Waals surface area contributed by atoms with Gasteiger partial charge < -0.3 is 15.6 Å². The number of hydrogen-bond donors (Lipinski definition) is 3. The first-order valence-electron chi connectivity index (χ1n) is 8.09. The monoisotopic (exact) mass is 380 g/mol. The minimum absolute atomic E-state index is 0.0670. The summed E-state index contributed by atoms with van der Waals surface area (Å²) >= 11 is 0. The molecule has 0 spiro atoms. The lowest BCUT2D eigenvalue weighted by Gasteiger charge is -2.13. The van der Waals surface area contributed by atoms with E-state index in [0.29, 0.717) is 18.8 Å². The molecule has 2 amide bonds. The molecule has 26 heavy (non-hydrogen) atoms. The summed E-state index contributed by atoms with van der Waals surface area (Å²) in [5.74, 6) is -0.732. The molecule has 0 unspecified atom stereocenters. The number of primary amides is 1. The van der Waals surface area contributed by atoms with Crippen LogP contribution < -0.4 is 10.5 Å². The number of nitrogens with one attached hydrogen (secondary N) is 2. The second-order valence-electron chi connectivity index (χ2n) is 6.15. The van der Waals surface area contributed by atoms with Gasteiger partial charge in [0.05, 0.1) is 0 Å². The molecule has 2 aromatic rings. The lowest BCUT2D eigenvalue weighted by Crippen LogP contribution is -2.27. The number of sulfonamides is 1. The van der Waals surface area contributed by atoms with Gasteiger partial charge in [-0.3, -0.25) is 19.0 Å². The van der Waals surface area contributed by atoms with Gasteiger partial charge >= 0.3 is 0 Å². The molecule has 0 aliphatic carbocycles. The Balaban J connectivity index is 1.76. The second kappa shape index (κ2) is 6.83. The third kappa shape index (κ3) is 3.72. The number of carbonyl (C=O) groups is 2. The van der Waals surface area contributed by atoms with Crippen LogP contribution in [0.2, 0.25) is 0 Å². The van der Waals surface area contributed by atoms with Crippen LogP contribution in [-0.2, 0) is 21.4 Å². The van der Waals surface area contributed by atoms with E-state index in [2.05, 4.69) is 14.8 Å². The van der Waals surface area contributed by atoms with E-state index in [1.807, 2.05) is 0 Å². The largest absolute Gasteiger partial charge is 0.368 e. The summed E-state index contributed by atoms with van der Waals surface area (Å²) < 4.78 is 28.6. The van der Waals surface area contributed by atoms with Gasteiger partial charge in [0.2, 0.25) is 5.91 Å². The molecule has 140 valence electrons. The lowest BCUT2D eigenvalue weighted by atomic mass is 10.4. The zero-order chi connectivity index (χ0) is 18.9. The van der Waals surface area contributed by atoms with E-state index >= 15 is 0 Å². The number of nitrogens with two attached hydrogens (primary N) is 1. The summed E-state index contributed by atoms with van der Waals surface area (Å²) in [6, 6.07) is 2.79. The number of likely N-dealkylation sites (tertiary alicyclic amines) is 1. The van der Waals surface area contributed by atoms with Crippen LogP contribution in [0.25, 0.3) is 0 Å². The molecule has 1 aliphatic rings. The Morgan fingerprint density at radius 1 is 1.31 bits per heavy atom. The highest BCUT2D eigenvalue weighted by Gasteiger charge is 2.24. The molecular formula is C15H20N6O4S. The van der Waals surface area contributed by atoms with Crippen molar-refractivity contribution in [1.82, 2.24) is 19.7 Å². The second-order valence-corrected chi connectivity index (χ2v) is 7.83. The molecule has 2 aromatic heterocycles. The average Bonchev–Trinajstić information content (AvgIpc) is 3.28. The van der Waals surface area contributed by atoms with Crippen LogP contribution in [-0.4, -0.2) is 53.0 Å². The zero-order valence-corrected chi connectivity index (χ0v) is 15.0. The number of hydrogen-bond acceptors (Lipinski definition) is 5. The lowest BCUT2D eigenvalue weighted by molar-refractivity contribution is -0.118. The number of anilines is 1. The van der Waals surface area contributed by atoms with E-state index in [4.69, 9.17) is 5.73 Å². The number of aromatic amines is 1. The van der Waals surface area contributed by atoms with Gasteiger partial charge in [-0.05, 0) is 25.8 Å². The Labute approximate surface area is 150 Å². The van der Waals surface area contributed by atoms with Crippen LogP contribution in [0.3, 0.4) is 0 Å². The van der Waals surface area contributed by atoms with Crippen molar-refractivity contribution >= 4 is 27.7 Å². The predicted molar refractivity (Wildman–Crippen MR) is 92.9 cm³/mol. The fraction of sp³-hybridized carbons (Fsp3) is 0.400. The molecule has 3 rings (SSSR count). The molecule has 0 atom stereocenters. The van der Waals surface area contributed by atoms with Crippen molar-refractivity contribution in [3.8, 4) is 0 Å². The Kier molecular flexibility index (Phi) is 4.72. The quantitative estimate of drug-likeness (QED) is 0.648. The van der Waals surface area contributed by atoms with E-state index in [-0.39, 0.29) is 28.9 Å². The molecule has 1 saturated heterocycles. The van der Waals surface area contributed by atoms with Crippen molar-refractivity contribution in [3.63, 3.8) is 0 Å². The summed E-state index contributed by atoms with van der Waals surface area (Å²) in [5.41, 5.74) is 5.93. The van der Waals surface area contributed by atoms with Crippen LogP contribution in [0.1, 0.15) is 29.0 Å². The van der Waals surface area contributed by atoms with E-state index in [1.54, 1.807) is 11.8 Å². The van der Waals surface area contributed by atoms with Crippen molar-refractivity contribution < 1.29 is 18.0 Å². The predicted octanol–water partition coefficient (Wildman–Crippen LogP) is 0.0417. The Morgan fingerprint density at radius 2 is 2.00 bits per heavy atom. The number of carbonyl (C=O) groups excluding carboxylic acids is 2. The fourth-order valence-electron chi connectivity index (χ4n) is 2.81. The molecule has 1 aliphatic heterocycles. The van der Waals surface area contributed by atoms with Gasteiger partial charge in [-0.25, -0.2) is 8.42 Å². The van der Waals surface area contributed by atoms with Crippen molar-refractivity contribution in [3.05, 3.63) is 29.7 Å². The minimum Gasteiger partial charge on any atom is -0.368 e. The highest BCUT2D eigenvalue weighted by molar-refractivity contribution is 7.92. The normalized spacial score (nSPS) is 14.6. The topological polar surface area (TPSA) is 143 Å². The van der Waals surface area contributed by atoms with Gasteiger partial charge in [-0.15, -0.1) is 0 Å². The highest BCUT2D eigenvalue weighted by atomic mass is 32.2.